The number of benzene rings is 1. The lowest BCUT2D eigenvalue weighted by Crippen LogP contribution is -2.50. The molecule has 7 heteroatoms. The number of amides is 1. The van der Waals surface area contributed by atoms with Crippen molar-refractivity contribution >= 4 is 6.09 Å². The van der Waals surface area contributed by atoms with E-state index in [1.165, 1.54) is 0 Å². The molecule has 1 heterocycles. The second-order valence-electron chi connectivity index (χ2n) is 10.6. The summed E-state index contributed by atoms with van der Waals surface area (Å²) < 4.78 is 16.8. The molecule has 1 fully saturated rings. The average molecular weight is 451 g/mol. The second-order valence-corrected chi connectivity index (χ2v) is 10.6. The molecule has 1 saturated heterocycles. The van der Waals surface area contributed by atoms with Gasteiger partial charge in [0, 0.05) is 19.5 Å². The van der Waals surface area contributed by atoms with Crippen LogP contribution >= 0.6 is 0 Å². The lowest BCUT2D eigenvalue weighted by atomic mass is 9.86. The first-order valence-corrected chi connectivity index (χ1v) is 11.6. The predicted molar refractivity (Wildman–Crippen MR) is 126 cm³/mol. The van der Waals surface area contributed by atoms with Gasteiger partial charge in [0.15, 0.2) is 5.79 Å². The highest BCUT2D eigenvalue weighted by Crippen LogP contribution is 2.30. The molecule has 32 heavy (non-hydrogen) atoms. The summed E-state index contributed by atoms with van der Waals surface area (Å²) in [5.74, 6) is -0.491. The van der Waals surface area contributed by atoms with Crippen LogP contribution in [0.4, 0.5) is 4.79 Å². The fourth-order valence-electron chi connectivity index (χ4n) is 3.67. The zero-order chi connectivity index (χ0) is 23.8. The monoisotopic (exact) mass is 450 g/mol. The van der Waals surface area contributed by atoms with Gasteiger partial charge in [-0.2, -0.15) is 0 Å². The van der Waals surface area contributed by atoms with E-state index in [1.54, 1.807) is 0 Å². The molecule has 1 aliphatic heterocycles. The number of nitrogens with one attached hydrogen (secondary N) is 2. The second kappa shape index (κ2) is 11.5. The van der Waals surface area contributed by atoms with E-state index in [4.69, 9.17) is 14.2 Å². The number of rotatable bonds is 11. The lowest BCUT2D eigenvalue weighted by Gasteiger charge is -2.31. The van der Waals surface area contributed by atoms with Gasteiger partial charge in [-0.15, -0.1) is 0 Å². The van der Waals surface area contributed by atoms with Gasteiger partial charge in [0.05, 0.1) is 25.4 Å². The zero-order valence-corrected chi connectivity index (χ0v) is 20.6. The van der Waals surface area contributed by atoms with E-state index >= 15 is 0 Å². The van der Waals surface area contributed by atoms with Crippen LogP contribution in [0, 0.1) is 5.41 Å². The minimum absolute atomic E-state index is 0.00552. The first-order valence-electron chi connectivity index (χ1n) is 11.6. The molecule has 3 N–H and O–H groups in total. The van der Waals surface area contributed by atoms with Crippen LogP contribution in [0.2, 0.25) is 0 Å². The summed E-state index contributed by atoms with van der Waals surface area (Å²) in [6.07, 6.45) is 0.969. The fourth-order valence-corrected chi connectivity index (χ4v) is 3.67. The smallest absolute Gasteiger partial charge is 0.407 e. The zero-order valence-electron chi connectivity index (χ0n) is 20.6. The van der Waals surface area contributed by atoms with Gasteiger partial charge in [0.25, 0.3) is 0 Å². The van der Waals surface area contributed by atoms with E-state index < -0.39 is 29.6 Å². The van der Waals surface area contributed by atoms with Gasteiger partial charge in [-0.25, -0.2) is 4.79 Å². The highest BCUT2D eigenvalue weighted by atomic mass is 16.7. The SMILES string of the molecule is CC(C)(CCC1(C)OCCO1)CNCC(O)C(Cc1ccccc1)NC(=O)OC(C)(C)C. The summed E-state index contributed by atoms with van der Waals surface area (Å²) in [6, 6.07) is 9.35. The Hall–Kier alpha value is -1.67. The van der Waals surface area contributed by atoms with Crippen molar-refractivity contribution in [2.45, 2.75) is 84.3 Å². The molecule has 2 unspecified atom stereocenters. The molecule has 0 bridgehead atoms. The minimum atomic E-state index is -0.766. The van der Waals surface area contributed by atoms with Crippen LogP contribution in [-0.2, 0) is 20.6 Å². The molecule has 1 amide bonds. The summed E-state index contributed by atoms with van der Waals surface area (Å²) in [5.41, 5.74) is 0.446. The molecule has 1 aromatic rings. The summed E-state index contributed by atoms with van der Waals surface area (Å²) in [7, 11) is 0. The largest absolute Gasteiger partial charge is 0.444 e. The Morgan fingerprint density at radius 3 is 2.38 bits per heavy atom. The number of ether oxygens (including phenoxy) is 3. The molecule has 2 rings (SSSR count). The molecule has 0 aliphatic carbocycles. The molecule has 0 aromatic heterocycles. The Labute approximate surface area is 193 Å². The Morgan fingerprint density at radius 1 is 1.16 bits per heavy atom. The molecule has 0 radical (unpaired) electrons. The molecule has 1 aliphatic rings. The van der Waals surface area contributed by atoms with Gasteiger partial charge in [0.2, 0.25) is 0 Å². The van der Waals surface area contributed by atoms with Crippen molar-refractivity contribution in [1.29, 1.82) is 0 Å². The number of aliphatic hydroxyl groups is 1. The van der Waals surface area contributed by atoms with Gasteiger partial charge < -0.3 is 30.0 Å². The van der Waals surface area contributed by atoms with Gasteiger partial charge in [0.1, 0.15) is 5.60 Å². The van der Waals surface area contributed by atoms with Crippen molar-refractivity contribution in [2.24, 2.45) is 5.41 Å². The summed E-state index contributed by atoms with van der Waals surface area (Å²) in [6.45, 7) is 14.2. The Kier molecular flexibility index (Phi) is 9.52. The number of carbonyl (C=O) groups is 1. The standard InChI is InChI=1S/C25H42N2O5/c1-23(2,3)32-22(29)27-20(16-19-10-8-7-9-11-19)21(28)17-26-18-24(4,5)12-13-25(6)30-14-15-31-25/h7-11,20-21,26,28H,12-18H2,1-6H3,(H,27,29). The van der Waals surface area contributed by atoms with Crippen LogP contribution in [0.5, 0.6) is 0 Å². The highest BCUT2D eigenvalue weighted by molar-refractivity contribution is 5.68. The molecule has 0 spiro atoms. The van der Waals surface area contributed by atoms with Gasteiger partial charge in [-0.1, -0.05) is 44.2 Å². The van der Waals surface area contributed by atoms with Crippen molar-refractivity contribution in [3.8, 4) is 0 Å². The molecule has 2 atom stereocenters. The topological polar surface area (TPSA) is 89.0 Å². The van der Waals surface area contributed by atoms with Crippen LogP contribution in [0.15, 0.2) is 30.3 Å². The number of hydrogen-bond donors (Lipinski definition) is 3. The fraction of sp³-hybridized carbons (Fsp3) is 0.720. The maximum Gasteiger partial charge on any atom is 0.407 e. The third-order valence-corrected chi connectivity index (χ3v) is 5.58. The average Bonchev–Trinajstić information content (AvgIpc) is 3.12. The van der Waals surface area contributed by atoms with Crippen molar-refractivity contribution in [3.05, 3.63) is 35.9 Å². The maximum atomic E-state index is 12.3. The molecular weight excluding hydrogens is 408 g/mol. The quantitative estimate of drug-likeness (QED) is 0.477. The molecule has 182 valence electrons. The number of alkyl carbamates (subject to hydrolysis) is 1. The van der Waals surface area contributed by atoms with E-state index in [1.807, 2.05) is 58.0 Å². The maximum absolute atomic E-state index is 12.3. The van der Waals surface area contributed by atoms with Gasteiger partial charge in [-0.05, 0) is 51.5 Å². The Balaban J connectivity index is 1.88. The van der Waals surface area contributed by atoms with E-state index in [-0.39, 0.29) is 5.41 Å². The van der Waals surface area contributed by atoms with Crippen LogP contribution in [-0.4, -0.2) is 61.0 Å². The van der Waals surface area contributed by atoms with Crippen molar-refractivity contribution in [3.63, 3.8) is 0 Å². The Morgan fingerprint density at radius 2 is 1.78 bits per heavy atom. The molecule has 0 saturated carbocycles. The third-order valence-electron chi connectivity index (χ3n) is 5.58. The van der Waals surface area contributed by atoms with E-state index in [0.717, 1.165) is 24.9 Å². The van der Waals surface area contributed by atoms with Crippen LogP contribution in [0.3, 0.4) is 0 Å². The Bertz CT molecular complexity index is 696. The number of aliphatic hydroxyl groups excluding tert-OH is 1. The minimum Gasteiger partial charge on any atom is -0.444 e. The van der Waals surface area contributed by atoms with Crippen molar-refractivity contribution < 1.29 is 24.1 Å². The van der Waals surface area contributed by atoms with Gasteiger partial charge >= 0.3 is 6.09 Å². The van der Waals surface area contributed by atoms with Crippen LogP contribution in [0.25, 0.3) is 0 Å². The summed E-state index contributed by atoms with van der Waals surface area (Å²) >= 11 is 0. The summed E-state index contributed by atoms with van der Waals surface area (Å²) in [4.78, 5) is 12.3. The van der Waals surface area contributed by atoms with E-state index in [2.05, 4.69) is 24.5 Å². The van der Waals surface area contributed by atoms with Crippen LogP contribution in [0.1, 0.15) is 59.9 Å². The first-order chi connectivity index (χ1) is 14.9. The third kappa shape index (κ3) is 9.86. The van der Waals surface area contributed by atoms with E-state index in [0.29, 0.717) is 26.2 Å². The van der Waals surface area contributed by atoms with Crippen molar-refractivity contribution in [1.82, 2.24) is 10.6 Å². The molecular formula is C25H42N2O5. The predicted octanol–water partition coefficient (Wildman–Crippen LogP) is 3.64. The van der Waals surface area contributed by atoms with E-state index in [9.17, 15) is 9.90 Å². The van der Waals surface area contributed by atoms with Gasteiger partial charge in [-0.3, -0.25) is 0 Å². The van der Waals surface area contributed by atoms with Crippen molar-refractivity contribution in [2.75, 3.05) is 26.3 Å². The number of hydrogen-bond acceptors (Lipinski definition) is 6. The lowest BCUT2D eigenvalue weighted by molar-refractivity contribution is -0.151. The highest BCUT2D eigenvalue weighted by Gasteiger charge is 2.33. The number of carbonyl (C=O) groups excluding carboxylic acids is 1. The first kappa shape index (κ1) is 26.6. The van der Waals surface area contributed by atoms with Crippen LogP contribution < -0.4 is 10.6 Å². The molecule has 1 aromatic carbocycles. The molecule has 7 nitrogen and oxygen atoms in total. The summed E-state index contributed by atoms with van der Waals surface area (Å²) in [5, 5.41) is 17.1. The normalized spacial score (nSPS) is 18.2.